The van der Waals surface area contributed by atoms with Crippen LogP contribution in [0.15, 0.2) is 109 Å². The minimum absolute atomic E-state index is 0.215. The molecular formula is C32H20N2O6. The summed E-state index contributed by atoms with van der Waals surface area (Å²) in [5.41, 5.74) is 3.13. The quantitative estimate of drug-likeness (QED) is 0.198. The normalized spacial score (nSPS) is 10.9. The molecule has 6 aromatic rings. The molecule has 2 heterocycles. The number of benzene rings is 4. The third-order valence-electron chi connectivity index (χ3n) is 6.31. The second-order valence-corrected chi connectivity index (χ2v) is 8.92. The molecule has 8 heteroatoms. The number of ether oxygens (including phenoxy) is 2. The highest BCUT2D eigenvalue weighted by atomic mass is 16.5. The van der Waals surface area contributed by atoms with E-state index in [2.05, 4.69) is 9.97 Å². The van der Waals surface area contributed by atoms with E-state index in [1.165, 1.54) is 12.1 Å². The Bertz CT molecular complexity index is 1760. The lowest BCUT2D eigenvalue weighted by Gasteiger charge is -2.10. The first-order valence-electron chi connectivity index (χ1n) is 12.3. The Balaban J connectivity index is 1.16. The van der Waals surface area contributed by atoms with Gasteiger partial charge in [0.05, 0.1) is 22.2 Å². The first-order valence-corrected chi connectivity index (χ1v) is 12.3. The SMILES string of the molecule is O=C(Oc1ccc(-c2ccc(OC(=O)c3cc(O)nc4ccccc34)cc2)cc1)c1cc(O)nc2ccccc12. The third kappa shape index (κ3) is 4.89. The Morgan fingerprint density at radius 2 is 0.900 bits per heavy atom. The Morgan fingerprint density at radius 1 is 0.525 bits per heavy atom. The van der Waals surface area contributed by atoms with Crippen molar-refractivity contribution < 1.29 is 29.3 Å². The second kappa shape index (κ2) is 10.2. The van der Waals surface area contributed by atoms with E-state index in [9.17, 15) is 19.8 Å². The summed E-state index contributed by atoms with van der Waals surface area (Å²) < 4.78 is 11.1. The van der Waals surface area contributed by atoms with Crippen molar-refractivity contribution in [3.8, 4) is 34.4 Å². The number of para-hydroxylation sites is 2. The Kier molecular flexibility index (Phi) is 6.26. The molecule has 8 nitrogen and oxygen atoms in total. The van der Waals surface area contributed by atoms with Gasteiger partial charge in [-0.05, 0) is 47.5 Å². The molecule has 0 atom stereocenters. The molecule has 0 aliphatic rings. The molecule has 2 aromatic heterocycles. The Hall–Kier alpha value is -5.76. The molecule has 2 N–H and O–H groups in total. The van der Waals surface area contributed by atoms with Crippen LogP contribution in [0.3, 0.4) is 0 Å². The maximum atomic E-state index is 12.8. The highest BCUT2D eigenvalue weighted by Gasteiger charge is 2.17. The largest absolute Gasteiger partial charge is 0.493 e. The van der Waals surface area contributed by atoms with Crippen LogP contribution < -0.4 is 9.47 Å². The van der Waals surface area contributed by atoms with E-state index in [1.807, 2.05) is 0 Å². The van der Waals surface area contributed by atoms with Gasteiger partial charge in [-0.25, -0.2) is 19.6 Å². The maximum Gasteiger partial charge on any atom is 0.344 e. The van der Waals surface area contributed by atoms with Crippen molar-refractivity contribution in [2.75, 3.05) is 0 Å². The summed E-state index contributed by atoms with van der Waals surface area (Å²) in [6, 6.07) is 30.5. The average Bonchev–Trinajstić information content (AvgIpc) is 2.97. The van der Waals surface area contributed by atoms with Crippen molar-refractivity contribution in [2.45, 2.75) is 0 Å². The van der Waals surface area contributed by atoms with Crippen LogP contribution in [0.4, 0.5) is 0 Å². The van der Waals surface area contributed by atoms with Gasteiger partial charge in [0.2, 0.25) is 11.8 Å². The Morgan fingerprint density at radius 3 is 1.30 bits per heavy atom. The molecule has 0 fully saturated rings. The second-order valence-electron chi connectivity index (χ2n) is 8.92. The fourth-order valence-corrected chi connectivity index (χ4v) is 4.42. The zero-order valence-electron chi connectivity index (χ0n) is 20.8. The molecule has 0 aliphatic heterocycles. The molecule has 0 spiro atoms. The summed E-state index contributed by atoms with van der Waals surface area (Å²) in [4.78, 5) is 33.7. The van der Waals surface area contributed by atoms with Crippen LogP contribution in [0.25, 0.3) is 32.9 Å². The summed E-state index contributed by atoms with van der Waals surface area (Å²) in [5, 5.41) is 21.0. The number of nitrogens with zero attached hydrogens (tertiary/aromatic N) is 2. The third-order valence-corrected chi connectivity index (χ3v) is 6.31. The molecule has 0 bridgehead atoms. The van der Waals surface area contributed by atoms with Gasteiger partial charge in [-0.2, -0.15) is 0 Å². The average molecular weight is 529 g/mol. The molecule has 0 aliphatic carbocycles. The minimum Gasteiger partial charge on any atom is -0.493 e. The van der Waals surface area contributed by atoms with Gasteiger partial charge >= 0.3 is 11.9 Å². The number of aromatic nitrogens is 2. The molecule has 0 saturated carbocycles. The summed E-state index contributed by atoms with van der Waals surface area (Å²) in [5.74, 6) is -1.06. The van der Waals surface area contributed by atoms with E-state index < -0.39 is 11.9 Å². The number of hydrogen-bond donors (Lipinski definition) is 2. The first-order chi connectivity index (χ1) is 19.4. The predicted molar refractivity (Wildman–Crippen MR) is 149 cm³/mol. The fourth-order valence-electron chi connectivity index (χ4n) is 4.42. The van der Waals surface area contributed by atoms with Crippen molar-refractivity contribution >= 4 is 33.7 Å². The summed E-state index contributed by atoms with van der Waals surface area (Å²) in [6.07, 6.45) is 0. The van der Waals surface area contributed by atoms with Gasteiger partial charge in [-0.1, -0.05) is 60.7 Å². The first kappa shape index (κ1) is 24.6. The molecular weight excluding hydrogens is 508 g/mol. The van der Waals surface area contributed by atoms with Crippen LogP contribution in [0.2, 0.25) is 0 Å². The minimum atomic E-state index is -0.608. The molecule has 4 aromatic carbocycles. The number of pyridine rings is 2. The molecule has 0 amide bonds. The standard InChI is InChI=1S/C32H20N2O6/c35-29-17-25(23-5-1-3-7-27(23)33-29)31(37)39-21-13-9-19(10-14-21)20-11-15-22(16-12-20)40-32(38)26-18-30(36)34-28-8-4-2-6-24(26)28/h1-18H,(H,33,35)(H,34,36). The molecule has 0 unspecified atom stereocenters. The van der Waals surface area contributed by atoms with Crippen molar-refractivity contribution in [1.82, 2.24) is 9.97 Å². The summed E-state index contributed by atoms with van der Waals surface area (Å²) >= 11 is 0. The number of fused-ring (bicyclic) bond motifs is 2. The van der Waals surface area contributed by atoms with Gasteiger partial charge < -0.3 is 19.7 Å². The molecule has 40 heavy (non-hydrogen) atoms. The van der Waals surface area contributed by atoms with E-state index in [0.717, 1.165) is 11.1 Å². The predicted octanol–water partition coefficient (Wildman–Crippen LogP) is 6.30. The maximum absolute atomic E-state index is 12.8. The van der Waals surface area contributed by atoms with E-state index in [0.29, 0.717) is 33.3 Å². The zero-order chi connectivity index (χ0) is 27.6. The van der Waals surface area contributed by atoms with E-state index in [4.69, 9.17) is 9.47 Å². The number of rotatable bonds is 5. The fraction of sp³-hybridized carbons (Fsp3) is 0. The van der Waals surface area contributed by atoms with Crippen LogP contribution in [-0.2, 0) is 0 Å². The van der Waals surface area contributed by atoms with Gasteiger partial charge in [-0.3, -0.25) is 0 Å². The number of aromatic hydroxyl groups is 2. The smallest absolute Gasteiger partial charge is 0.344 e. The molecule has 0 radical (unpaired) electrons. The highest BCUT2D eigenvalue weighted by molar-refractivity contribution is 6.05. The monoisotopic (exact) mass is 528 g/mol. The van der Waals surface area contributed by atoms with Crippen LogP contribution in [0.1, 0.15) is 20.7 Å². The van der Waals surface area contributed by atoms with Gasteiger partial charge in [-0.15, -0.1) is 0 Å². The van der Waals surface area contributed by atoms with Crippen LogP contribution >= 0.6 is 0 Å². The lowest BCUT2D eigenvalue weighted by Crippen LogP contribution is -2.09. The lowest BCUT2D eigenvalue weighted by molar-refractivity contribution is 0.0726. The van der Waals surface area contributed by atoms with Crippen molar-refractivity contribution in [3.63, 3.8) is 0 Å². The van der Waals surface area contributed by atoms with E-state index in [1.54, 1.807) is 97.1 Å². The molecule has 6 rings (SSSR count). The molecule has 194 valence electrons. The van der Waals surface area contributed by atoms with E-state index >= 15 is 0 Å². The number of esters is 2. The van der Waals surface area contributed by atoms with Crippen molar-refractivity contribution in [3.05, 3.63) is 120 Å². The van der Waals surface area contributed by atoms with Crippen LogP contribution in [-0.4, -0.2) is 32.1 Å². The number of carbonyl (C=O) groups excluding carboxylic acids is 2. The highest BCUT2D eigenvalue weighted by Crippen LogP contribution is 2.28. The zero-order valence-corrected chi connectivity index (χ0v) is 20.8. The number of hydrogen-bond acceptors (Lipinski definition) is 8. The Labute approximate surface area is 227 Å². The van der Waals surface area contributed by atoms with Gasteiger partial charge in [0.15, 0.2) is 0 Å². The van der Waals surface area contributed by atoms with Crippen molar-refractivity contribution in [1.29, 1.82) is 0 Å². The topological polar surface area (TPSA) is 119 Å². The van der Waals surface area contributed by atoms with Gasteiger partial charge in [0.25, 0.3) is 0 Å². The van der Waals surface area contributed by atoms with Crippen LogP contribution in [0, 0.1) is 0 Å². The van der Waals surface area contributed by atoms with Gasteiger partial charge in [0.1, 0.15) is 11.5 Å². The van der Waals surface area contributed by atoms with E-state index in [-0.39, 0.29) is 22.9 Å². The van der Waals surface area contributed by atoms with Crippen molar-refractivity contribution in [2.24, 2.45) is 0 Å². The summed E-state index contributed by atoms with van der Waals surface area (Å²) in [7, 11) is 0. The van der Waals surface area contributed by atoms with Gasteiger partial charge in [0, 0.05) is 22.9 Å². The lowest BCUT2D eigenvalue weighted by atomic mass is 10.1. The summed E-state index contributed by atoms with van der Waals surface area (Å²) in [6.45, 7) is 0. The molecule has 0 saturated heterocycles. The number of carbonyl (C=O) groups is 2. The van der Waals surface area contributed by atoms with Crippen LogP contribution in [0.5, 0.6) is 23.3 Å².